The van der Waals surface area contributed by atoms with Crippen LogP contribution in [0.4, 0.5) is 5.69 Å². The number of halogens is 1. The number of para-hydroxylation sites is 1. The first-order chi connectivity index (χ1) is 13.1. The van der Waals surface area contributed by atoms with Gasteiger partial charge in [0.05, 0.1) is 11.3 Å². The van der Waals surface area contributed by atoms with E-state index in [-0.39, 0.29) is 0 Å². The standard InChI is InChI=1S/C18H25BrN2.C4H10O.CH2O/c1-4-8-15-12-13-16(21(15)3)9-7-14-20(2)18-11-6-5-10-17(18)19;1-4(2,3)5;1-2/h4-7,9-11,15-16H,1,8,12-14H2,2-3H3;5H,1-3H3;1H2/b9-7+;;. The molecule has 1 aliphatic rings. The fourth-order valence-electron chi connectivity index (χ4n) is 2.99. The van der Waals surface area contributed by atoms with Crippen LogP contribution < -0.4 is 4.90 Å². The molecule has 2 rings (SSSR count). The summed E-state index contributed by atoms with van der Waals surface area (Å²) in [6.07, 6.45) is 10.3. The lowest BCUT2D eigenvalue weighted by atomic mass is 10.1. The van der Waals surface area contributed by atoms with Gasteiger partial charge in [0.25, 0.3) is 0 Å². The topological polar surface area (TPSA) is 43.8 Å². The van der Waals surface area contributed by atoms with Gasteiger partial charge in [-0.05, 0) is 75.1 Å². The van der Waals surface area contributed by atoms with Gasteiger partial charge >= 0.3 is 0 Å². The van der Waals surface area contributed by atoms with E-state index in [1.54, 1.807) is 20.8 Å². The molecule has 28 heavy (non-hydrogen) atoms. The number of anilines is 1. The van der Waals surface area contributed by atoms with Gasteiger partial charge in [-0.15, -0.1) is 6.58 Å². The number of likely N-dealkylation sites (tertiary alicyclic amines) is 1. The molecule has 0 amide bonds. The van der Waals surface area contributed by atoms with E-state index in [2.05, 4.69) is 76.8 Å². The highest BCUT2D eigenvalue weighted by molar-refractivity contribution is 9.10. The Morgan fingerprint density at radius 2 is 1.86 bits per heavy atom. The smallest absolute Gasteiger partial charge is 0.106 e. The van der Waals surface area contributed by atoms with Crippen molar-refractivity contribution in [2.75, 3.05) is 25.5 Å². The second kappa shape index (κ2) is 13.7. The molecule has 0 saturated carbocycles. The van der Waals surface area contributed by atoms with Crippen LogP contribution in [0.1, 0.15) is 40.0 Å². The molecule has 0 bridgehead atoms. The molecule has 1 fully saturated rings. The van der Waals surface area contributed by atoms with E-state index < -0.39 is 5.60 Å². The highest BCUT2D eigenvalue weighted by Crippen LogP contribution is 2.26. The van der Waals surface area contributed by atoms with Gasteiger partial charge in [0.1, 0.15) is 6.79 Å². The third-order valence-corrected chi connectivity index (χ3v) is 5.01. The van der Waals surface area contributed by atoms with Crippen LogP contribution in [0.5, 0.6) is 0 Å². The fourth-order valence-corrected chi connectivity index (χ4v) is 3.57. The number of aliphatic hydroxyl groups is 1. The van der Waals surface area contributed by atoms with Gasteiger partial charge in [0.15, 0.2) is 0 Å². The van der Waals surface area contributed by atoms with Gasteiger partial charge in [-0.2, -0.15) is 0 Å². The lowest BCUT2D eigenvalue weighted by Gasteiger charge is -2.23. The van der Waals surface area contributed by atoms with Crippen molar-refractivity contribution in [3.05, 3.63) is 53.5 Å². The van der Waals surface area contributed by atoms with Gasteiger partial charge in [-0.1, -0.05) is 30.4 Å². The van der Waals surface area contributed by atoms with Crippen LogP contribution in [-0.2, 0) is 4.79 Å². The first-order valence-corrected chi connectivity index (χ1v) is 10.4. The van der Waals surface area contributed by atoms with Crippen LogP contribution in [0.3, 0.4) is 0 Å². The first kappa shape index (κ1) is 26.6. The minimum atomic E-state index is -0.500. The number of hydrogen-bond donors (Lipinski definition) is 1. The molecule has 1 aromatic carbocycles. The maximum atomic E-state index is 8.52. The monoisotopic (exact) mass is 452 g/mol. The summed E-state index contributed by atoms with van der Waals surface area (Å²) in [4.78, 5) is 12.7. The Balaban J connectivity index is 0.000000906. The number of hydrogen-bond acceptors (Lipinski definition) is 4. The lowest BCUT2D eigenvalue weighted by molar-refractivity contribution is -0.0980. The number of rotatable bonds is 6. The van der Waals surface area contributed by atoms with Crippen LogP contribution in [0, 0.1) is 0 Å². The molecule has 0 aromatic heterocycles. The number of nitrogens with zero attached hydrogens (tertiary/aromatic N) is 2. The average Bonchev–Trinajstić information content (AvgIpc) is 2.96. The average molecular weight is 453 g/mol. The van der Waals surface area contributed by atoms with Gasteiger partial charge in [0.2, 0.25) is 0 Å². The Hall–Kier alpha value is -1.43. The molecule has 2 unspecified atom stereocenters. The second-order valence-corrected chi connectivity index (χ2v) is 8.77. The Morgan fingerprint density at radius 1 is 1.29 bits per heavy atom. The van der Waals surface area contributed by atoms with Crippen LogP contribution in [-0.4, -0.2) is 55.1 Å². The summed E-state index contributed by atoms with van der Waals surface area (Å²) in [7, 11) is 4.36. The van der Waals surface area contributed by atoms with Gasteiger partial charge in [-0.3, -0.25) is 4.90 Å². The molecule has 0 aliphatic carbocycles. The zero-order valence-corrected chi connectivity index (χ0v) is 19.7. The van der Waals surface area contributed by atoms with E-state index >= 15 is 0 Å². The molecule has 1 heterocycles. The lowest BCUT2D eigenvalue weighted by Crippen LogP contribution is -2.30. The Kier molecular flexibility index (Phi) is 13.0. The minimum absolute atomic E-state index is 0.500. The molecule has 1 aromatic rings. The number of carbonyl (C=O) groups is 1. The zero-order chi connectivity index (χ0) is 21.7. The molecule has 5 heteroatoms. The minimum Gasteiger partial charge on any atom is -0.391 e. The maximum Gasteiger partial charge on any atom is 0.106 e. The number of likely N-dealkylation sites (N-methyl/N-ethyl adjacent to an activating group) is 2. The van der Waals surface area contributed by atoms with E-state index in [1.165, 1.54) is 18.5 Å². The van der Waals surface area contributed by atoms with Crippen molar-refractivity contribution < 1.29 is 9.90 Å². The highest BCUT2D eigenvalue weighted by Gasteiger charge is 2.27. The van der Waals surface area contributed by atoms with Crippen LogP contribution >= 0.6 is 15.9 Å². The number of carbonyl (C=O) groups excluding carboxylic acids is 1. The van der Waals surface area contributed by atoms with Crippen molar-refractivity contribution in [3.63, 3.8) is 0 Å². The Bertz CT molecular complexity index is 593. The van der Waals surface area contributed by atoms with Crippen LogP contribution in [0.15, 0.2) is 53.5 Å². The molecule has 0 radical (unpaired) electrons. The summed E-state index contributed by atoms with van der Waals surface area (Å²) in [6, 6.07) is 9.58. The predicted octanol–water partition coefficient (Wildman–Crippen LogP) is 5.07. The summed E-state index contributed by atoms with van der Waals surface area (Å²) in [5, 5.41) is 8.52. The van der Waals surface area contributed by atoms with Gasteiger partial charge < -0.3 is 14.8 Å². The van der Waals surface area contributed by atoms with Crippen molar-refractivity contribution in [2.24, 2.45) is 0 Å². The van der Waals surface area contributed by atoms with Crippen molar-refractivity contribution >= 4 is 28.4 Å². The van der Waals surface area contributed by atoms with E-state index in [9.17, 15) is 0 Å². The normalized spacial score (nSPS) is 19.4. The summed E-state index contributed by atoms with van der Waals surface area (Å²) in [6.45, 7) is 12.0. The van der Waals surface area contributed by atoms with Crippen molar-refractivity contribution in [3.8, 4) is 0 Å². The molecular weight excluding hydrogens is 416 g/mol. The first-order valence-electron chi connectivity index (χ1n) is 9.60. The summed E-state index contributed by atoms with van der Waals surface area (Å²) in [5.41, 5.74) is 0.728. The number of benzene rings is 1. The third-order valence-electron chi connectivity index (χ3n) is 4.33. The molecule has 1 aliphatic heterocycles. The molecule has 4 nitrogen and oxygen atoms in total. The third kappa shape index (κ3) is 10.8. The SMILES string of the molecule is C=CCC1CCC(/C=C/CN(C)c2ccccc2Br)N1C.C=O.CC(C)(C)O. The van der Waals surface area contributed by atoms with E-state index in [4.69, 9.17) is 9.90 Å². The fraction of sp³-hybridized carbons (Fsp3) is 0.522. The Labute approximate surface area is 180 Å². The molecule has 0 spiro atoms. The highest BCUT2D eigenvalue weighted by atomic mass is 79.9. The van der Waals surface area contributed by atoms with Gasteiger partial charge in [-0.25, -0.2) is 0 Å². The summed E-state index contributed by atoms with van der Waals surface area (Å²) < 4.78 is 1.14. The van der Waals surface area contributed by atoms with Crippen molar-refractivity contribution in [1.29, 1.82) is 0 Å². The van der Waals surface area contributed by atoms with E-state index in [0.29, 0.717) is 12.1 Å². The van der Waals surface area contributed by atoms with Crippen molar-refractivity contribution in [2.45, 2.75) is 57.7 Å². The van der Waals surface area contributed by atoms with Crippen LogP contribution in [0.25, 0.3) is 0 Å². The molecule has 1 saturated heterocycles. The Morgan fingerprint density at radius 3 is 2.39 bits per heavy atom. The predicted molar refractivity (Wildman–Crippen MR) is 125 cm³/mol. The zero-order valence-electron chi connectivity index (χ0n) is 18.1. The quantitative estimate of drug-likeness (QED) is 0.611. The molecule has 158 valence electrons. The summed E-state index contributed by atoms with van der Waals surface area (Å²) >= 11 is 3.61. The molecular formula is C23H37BrN2O2. The van der Waals surface area contributed by atoms with Gasteiger partial charge in [0, 0.05) is 30.1 Å². The second-order valence-electron chi connectivity index (χ2n) is 7.92. The summed E-state index contributed by atoms with van der Waals surface area (Å²) in [5.74, 6) is 0. The maximum absolute atomic E-state index is 8.52. The molecule has 2 atom stereocenters. The van der Waals surface area contributed by atoms with Crippen molar-refractivity contribution in [1.82, 2.24) is 4.90 Å². The van der Waals surface area contributed by atoms with E-state index in [0.717, 1.165) is 17.4 Å². The largest absolute Gasteiger partial charge is 0.391 e. The van der Waals surface area contributed by atoms with Crippen LogP contribution in [0.2, 0.25) is 0 Å². The van der Waals surface area contributed by atoms with E-state index in [1.807, 2.05) is 18.9 Å². The molecule has 1 N–H and O–H groups in total.